The third-order valence-corrected chi connectivity index (χ3v) is 4.62. The number of ether oxygens (including phenoxy) is 1. The van der Waals surface area contributed by atoms with Crippen molar-refractivity contribution in [1.29, 1.82) is 5.26 Å². The Morgan fingerprint density at radius 3 is 2.41 bits per heavy atom. The normalized spacial score (nSPS) is 10.3. The molecule has 7 nitrogen and oxygen atoms in total. The summed E-state index contributed by atoms with van der Waals surface area (Å²) < 4.78 is 5.97. The van der Waals surface area contributed by atoms with E-state index in [-0.39, 0.29) is 17.1 Å². The second-order valence-electron chi connectivity index (χ2n) is 5.58. The SMILES string of the molecule is COc1ccc(-c2cc(-c3ccc([N+](=O)[O-])cc3)nc(N)c2C#N)cc1Br. The zero-order chi connectivity index (χ0) is 19.6. The van der Waals surface area contributed by atoms with Crippen molar-refractivity contribution in [2.45, 2.75) is 0 Å². The first-order chi connectivity index (χ1) is 12.9. The molecule has 0 aliphatic rings. The summed E-state index contributed by atoms with van der Waals surface area (Å²) in [7, 11) is 1.57. The van der Waals surface area contributed by atoms with Crippen molar-refractivity contribution in [2.24, 2.45) is 0 Å². The molecular weight excluding hydrogens is 412 g/mol. The van der Waals surface area contributed by atoms with Crippen LogP contribution >= 0.6 is 15.9 Å². The van der Waals surface area contributed by atoms with Crippen LogP contribution in [-0.2, 0) is 0 Å². The van der Waals surface area contributed by atoms with Gasteiger partial charge in [0, 0.05) is 23.3 Å². The van der Waals surface area contributed by atoms with Crippen molar-refractivity contribution < 1.29 is 9.66 Å². The maximum atomic E-state index is 10.8. The van der Waals surface area contributed by atoms with Crippen molar-refractivity contribution in [1.82, 2.24) is 4.98 Å². The lowest BCUT2D eigenvalue weighted by atomic mass is 9.98. The standard InChI is InChI=1S/C19H13BrN4O3/c1-27-18-7-4-12(8-16(18)20)14-9-17(23-19(22)15(14)10-21)11-2-5-13(6-3-11)24(25)26/h2-9H,1H3,(H2,22,23). The number of nitrogens with zero attached hydrogens (tertiary/aromatic N) is 3. The lowest BCUT2D eigenvalue weighted by molar-refractivity contribution is -0.384. The molecule has 0 saturated heterocycles. The van der Waals surface area contributed by atoms with Gasteiger partial charge in [-0.15, -0.1) is 0 Å². The highest BCUT2D eigenvalue weighted by molar-refractivity contribution is 9.10. The van der Waals surface area contributed by atoms with Crippen molar-refractivity contribution in [3.63, 3.8) is 0 Å². The number of hydrogen-bond acceptors (Lipinski definition) is 6. The predicted molar refractivity (Wildman–Crippen MR) is 105 cm³/mol. The highest BCUT2D eigenvalue weighted by atomic mass is 79.9. The van der Waals surface area contributed by atoms with E-state index in [2.05, 4.69) is 27.0 Å². The Labute approximate surface area is 163 Å². The van der Waals surface area contributed by atoms with E-state index >= 15 is 0 Å². The molecule has 27 heavy (non-hydrogen) atoms. The number of nitrogens with two attached hydrogens (primary N) is 1. The van der Waals surface area contributed by atoms with Crippen LogP contribution in [0, 0.1) is 21.4 Å². The minimum absolute atomic E-state index is 0.0142. The summed E-state index contributed by atoms with van der Waals surface area (Å²) in [5.41, 5.74) is 8.80. The smallest absolute Gasteiger partial charge is 0.269 e. The molecule has 2 aromatic carbocycles. The summed E-state index contributed by atoms with van der Waals surface area (Å²) in [4.78, 5) is 14.6. The van der Waals surface area contributed by atoms with E-state index in [1.807, 2.05) is 12.1 Å². The largest absolute Gasteiger partial charge is 0.496 e. The van der Waals surface area contributed by atoms with Gasteiger partial charge in [-0.3, -0.25) is 10.1 Å². The first kappa shape index (κ1) is 18.4. The Balaban J connectivity index is 2.15. The number of rotatable bonds is 4. The molecule has 0 aliphatic carbocycles. The molecule has 0 atom stereocenters. The number of pyridine rings is 1. The molecule has 0 radical (unpaired) electrons. The maximum Gasteiger partial charge on any atom is 0.269 e. The highest BCUT2D eigenvalue weighted by Crippen LogP contribution is 2.35. The molecule has 0 spiro atoms. The van der Waals surface area contributed by atoms with Crippen LogP contribution in [0.1, 0.15) is 5.56 Å². The monoisotopic (exact) mass is 424 g/mol. The summed E-state index contributed by atoms with van der Waals surface area (Å²) in [5, 5.41) is 20.3. The van der Waals surface area contributed by atoms with Gasteiger partial charge < -0.3 is 10.5 Å². The van der Waals surface area contributed by atoms with Crippen LogP contribution in [0.5, 0.6) is 5.75 Å². The van der Waals surface area contributed by atoms with E-state index < -0.39 is 4.92 Å². The fourth-order valence-corrected chi connectivity index (χ4v) is 3.19. The quantitative estimate of drug-likeness (QED) is 0.485. The minimum Gasteiger partial charge on any atom is -0.496 e. The molecule has 0 saturated carbocycles. The number of nitrogen functional groups attached to an aromatic ring is 1. The zero-order valence-corrected chi connectivity index (χ0v) is 15.7. The predicted octanol–water partition coefficient (Wildman–Crippen LogP) is 4.55. The molecule has 8 heteroatoms. The lowest BCUT2D eigenvalue weighted by Gasteiger charge is -2.12. The second kappa shape index (κ2) is 7.43. The van der Waals surface area contributed by atoms with Crippen LogP contribution in [-0.4, -0.2) is 17.0 Å². The van der Waals surface area contributed by atoms with Gasteiger partial charge in [0.2, 0.25) is 0 Å². The molecule has 0 fully saturated rings. The summed E-state index contributed by atoms with van der Waals surface area (Å²) in [6, 6.07) is 15.2. The first-order valence-electron chi connectivity index (χ1n) is 7.74. The molecule has 2 N–H and O–H groups in total. The molecular formula is C19H13BrN4O3. The molecule has 0 aliphatic heterocycles. The van der Waals surface area contributed by atoms with E-state index in [1.54, 1.807) is 31.4 Å². The van der Waals surface area contributed by atoms with Crippen molar-refractivity contribution in [3.05, 3.63) is 68.7 Å². The molecule has 3 rings (SSSR count). The fraction of sp³-hybridized carbons (Fsp3) is 0.0526. The first-order valence-corrected chi connectivity index (χ1v) is 8.53. The fourth-order valence-electron chi connectivity index (χ4n) is 2.65. The van der Waals surface area contributed by atoms with Crippen molar-refractivity contribution in [3.8, 4) is 34.2 Å². The number of nitro groups is 1. The van der Waals surface area contributed by atoms with Crippen LogP contribution in [0.2, 0.25) is 0 Å². The van der Waals surface area contributed by atoms with E-state index in [4.69, 9.17) is 10.5 Å². The number of halogens is 1. The Morgan fingerprint density at radius 2 is 1.85 bits per heavy atom. The van der Waals surface area contributed by atoms with Gasteiger partial charge in [0.15, 0.2) is 0 Å². The number of nitro benzene ring substituents is 1. The van der Waals surface area contributed by atoms with Gasteiger partial charge in [-0.1, -0.05) is 6.07 Å². The van der Waals surface area contributed by atoms with Gasteiger partial charge in [0.05, 0.1) is 22.2 Å². The topological polar surface area (TPSA) is 115 Å². The number of benzene rings is 2. The van der Waals surface area contributed by atoms with Crippen LogP contribution in [0.15, 0.2) is 53.0 Å². The van der Waals surface area contributed by atoms with E-state index in [1.165, 1.54) is 12.1 Å². The van der Waals surface area contributed by atoms with E-state index in [0.29, 0.717) is 22.6 Å². The van der Waals surface area contributed by atoms with Gasteiger partial charge in [-0.25, -0.2) is 4.98 Å². The molecule has 0 bridgehead atoms. The molecule has 1 aromatic heterocycles. The van der Waals surface area contributed by atoms with Gasteiger partial charge in [0.25, 0.3) is 5.69 Å². The summed E-state index contributed by atoms with van der Waals surface area (Å²) in [5.74, 6) is 0.755. The number of anilines is 1. The van der Waals surface area contributed by atoms with Gasteiger partial charge >= 0.3 is 0 Å². The maximum absolute atomic E-state index is 10.8. The van der Waals surface area contributed by atoms with Crippen LogP contribution in [0.25, 0.3) is 22.4 Å². The highest BCUT2D eigenvalue weighted by Gasteiger charge is 2.15. The number of hydrogen-bond donors (Lipinski definition) is 1. The van der Waals surface area contributed by atoms with Gasteiger partial charge in [0.1, 0.15) is 23.2 Å². The van der Waals surface area contributed by atoms with Crippen LogP contribution in [0.3, 0.4) is 0 Å². The lowest BCUT2D eigenvalue weighted by Crippen LogP contribution is -2.00. The number of methoxy groups -OCH3 is 1. The molecule has 3 aromatic rings. The van der Waals surface area contributed by atoms with Crippen molar-refractivity contribution >= 4 is 27.4 Å². The summed E-state index contributed by atoms with van der Waals surface area (Å²) >= 11 is 3.44. The van der Waals surface area contributed by atoms with Gasteiger partial charge in [-0.05, 0) is 51.8 Å². The van der Waals surface area contributed by atoms with E-state index in [9.17, 15) is 15.4 Å². The van der Waals surface area contributed by atoms with Crippen molar-refractivity contribution in [2.75, 3.05) is 12.8 Å². The number of nitriles is 1. The summed E-state index contributed by atoms with van der Waals surface area (Å²) in [6.45, 7) is 0. The third-order valence-electron chi connectivity index (χ3n) is 4.00. The average Bonchev–Trinajstić information content (AvgIpc) is 2.67. The Hall–Kier alpha value is -3.44. The Morgan fingerprint density at radius 1 is 1.19 bits per heavy atom. The average molecular weight is 425 g/mol. The van der Waals surface area contributed by atoms with Crippen LogP contribution < -0.4 is 10.5 Å². The molecule has 1 heterocycles. The molecule has 134 valence electrons. The zero-order valence-electron chi connectivity index (χ0n) is 14.1. The molecule has 0 unspecified atom stereocenters. The summed E-state index contributed by atoms with van der Waals surface area (Å²) in [6.07, 6.45) is 0. The van der Waals surface area contributed by atoms with Crippen LogP contribution in [0.4, 0.5) is 11.5 Å². The Bertz CT molecular complexity index is 1080. The van der Waals surface area contributed by atoms with E-state index in [0.717, 1.165) is 10.0 Å². The number of non-ortho nitro benzene ring substituents is 1. The number of aromatic nitrogens is 1. The molecule has 0 amide bonds. The van der Waals surface area contributed by atoms with Gasteiger partial charge in [-0.2, -0.15) is 5.26 Å². The Kier molecular flexibility index (Phi) is 5.05. The minimum atomic E-state index is -0.468. The third kappa shape index (κ3) is 3.59. The second-order valence-corrected chi connectivity index (χ2v) is 6.43.